The van der Waals surface area contributed by atoms with E-state index < -0.39 is 29.7 Å². The van der Waals surface area contributed by atoms with E-state index in [0.717, 1.165) is 12.1 Å². The fourth-order valence-corrected chi connectivity index (χ4v) is 5.72. The first kappa shape index (κ1) is 35.4. The molecule has 0 saturated carbocycles. The van der Waals surface area contributed by atoms with E-state index in [0.29, 0.717) is 46.1 Å². The van der Waals surface area contributed by atoms with Gasteiger partial charge in [0.1, 0.15) is 11.5 Å². The third-order valence-corrected chi connectivity index (χ3v) is 8.05. The number of aliphatic imine (C=N–C) groups is 1. The van der Waals surface area contributed by atoms with Crippen molar-refractivity contribution in [1.29, 1.82) is 0 Å². The predicted molar refractivity (Wildman–Crippen MR) is 177 cm³/mol. The minimum Gasteiger partial charge on any atom is -0.494 e. The Hall–Kier alpha value is -4.94. The Morgan fingerprint density at radius 2 is 1.76 bits per heavy atom. The van der Waals surface area contributed by atoms with E-state index >= 15 is 0 Å². The summed E-state index contributed by atoms with van der Waals surface area (Å²) in [5, 5.41) is 16.3. The lowest BCUT2D eigenvalue weighted by Gasteiger charge is -2.31. The molecule has 254 valence electrons. The molecule has 0 radical (unpaired) electrons. The molecular weight excluding hydrogens is 686 g/mol. The molecule has 0 unspecified atom stereocenters. The van der Waals surface area contributed by atoms with E-state index in [1.165, 1.54) is 18.2 Å². The van der Waals surface area contributed by atoms with Crippen molar-refractivity contribution in [3.63, 3.8) is 0 Å². The van der Waals surface area contributed by atoms with Crippen LogP contribution in [0.1, 0.15) is 34.8 Å². The van der Waals surface area contributed by atoms with Gasteiger partial charge in [0.2, 0.25) is 5.90 Å². The Balaban J connectivity index is 1.57. The van der Waals surface area contributed by atoms with Crippen molar-refractivity contribution >= 4 is 40.7 Å². The minimum absolute atomic E-state index is 0.0118. The number of ether oxygens (including phenoxy) is 3. The van der Waals surface area contributed by atoms with Crippen molar-refractivity contribution in [3.8, 4) is 11.5 Å². The van der Waals surface area contributed by atoms with Crippen LogP contribution in [0.2, 0.25) is 10.0 Å². The quantitative estimate of drug-likeness (QED) is 0.0620. The molecule has 4 aromatic rings. The highest BCUT2D eigenvalue weighted by Gasteiger charge is 2.54. The van der Waals surface area contributed by atoms with Gasteiger partial charge >= 0.3 is 6.36 Å². The first-order valence-corrected chi connectivity index (χ1v) is 15.6. The van der Waals surface area contributed by atoms with Crippen LogP contribution in [-0.4, -0.2) is 42.0 Å². The largest absolute Gasteiger partial charge is 0.573 e. The van der Waals surface area contributed by atoms with Crippen LogP contribution in [0.5, 0.6) is 11.5 Å². The molecule has 2 atom stereocenters. The van der Waals surface area contributed by atoms with Crippen LogP contribution in [0.25, 0.3) is 10.4 Å². The van der Waals surface area contributed by atoms with Gasteiger partial charge in [-0.3, -0.25) is 4.79 Å². The number of carbonyl (C=O) groups excluding carboxylic acids is 1. The second-order valence-corrected chi connectivity index (χ2v) is 11.7. The molecule has 0 aliphatic carbocycles. The summed E-state index contributed by atoms with van der Waals surface area (Å²) in [6.45, 7) is 0.217. The molecule has 1 heterocycles. The Bertz CT molecular complexity index is 1870. The number of carbonyl (C=O) groups is 1. The average Bonchev–Trinajstić information content (AvgIpc) is 3.45. The molecule has 2 N–H and O–H groups in total. The Labute approximate surface area is 288 Å². The van der Waals surface area contributed by atoms with Crippen LogP contribution in [0.3, 0.4) is 0 Å². The normalized spacial score (nSPS) is 17.0. The zero-order chi connectivity index (χ0) is 35.0. The van der Waals surface area contributed by atoms with E-state index in [4.69, 9.17) is 42.8 Å². The lowest BCUT2D eigenvalue weighted by Crippen LogP contribution is -2.49. The van der Waals surface area contributed by atoms with Crippen LogP contribution in [0.4, 0.5) is 18.9 Å². The fraction of sp³-hybridized carbons (Fsp3) is 0.235. The lowest BCUT2D eigenvalue weighted by atomic mass is 9.81. The van der Waals surface area contributed by atoms with Crippen molar-refractivity contribution in [2.75, 3.05) is 13.2 Å². The Morgan fingerprint density at radius 3 is 2.43 bits per heavy atom. The number of halogens is 5. The molecular formula is C34H28Cl2F3N5O5. The molecule has 15 heteroatoms. The average molecular weight is 715 g/mol. The molecule has 0 fully saturated rings. The van der Waals surface area contributed by atoms with Gasteiger partial charge in [-0.2, -0.15) is 0 Å². The van der Waals surface area contributed by atoms with E-state index in [1.54, 1.807) is 60.7 Å². The van der Waals surface area contributed by atoms with E-state index in [2.05, 4.69) is 20.1 Å². The smallest absolute Gasteiger partial charge is 0.494 e. The summed E-state index contributed by atoms with van der Waals surface area (Å²) in [7, 11) is 0. The molecule has 1 amide bonds. The van der Waals surface area contributed by atoms with E-state index in [1.807, 2.05) is 0 Å². The molecule has 0 spiro atoms. The first-order chi connectivity index (χ1) is 23.5. The highest BCUT2D eigenvalue weighted by Crippen LogP contribution is 2.46. The maximum absolute atomic E-state index is 14.5. The third kappa shape index (κ3) is 8.76. The highest BCUT2D eigenvalue weighted by atomic mass is 35.5. The van der Waals surface area contributed by atoms with E-state index in [9.17, 15) is 23.5 Å². The summed E-state index contributed by atoms with van der Waals surface area (Å²) in [6, 6.07) is 23.3. The highest BCUT2D eigenvalue weighted by molar-refractivity contribution is 6.35. The van der Waals surface area contributed by atoms with Crippen molar-refractivity contribution in [3.05, 3.63) is 134 Å². The summed E-state index contributed by atoms with van der Waals surface area (Å²) in [4.78, 5) is 22.4. The monoisotopic (exact) mass is 713 g/mol. The second kappa shape index (κ2) is 15.5. The molecule has 1 aliphatic rings. The van der Waals surface area contributed by atoms with Crippen molar-refractivity contribution in [1.82, 2.24) is 5.32 Å². The summed E-state index contributed by atoms with van der Waals surface area (Å²) in [6.07, 6.45) is -5.62. The van der Waals surface area contributed by atoms with Gasteiger partial charge in [0.15, 0.2) is 11.6 Å². The zero-order valence-electron chi connectivity index (χ0n) is 25.5. The minimum atomic E-state index is -4.85. The van der Waals surface area contributed by atoms with Crippen LogP contribution in [0.15, 0.2) is 101 Å². The van der Waals surface area contributed by atoms with E-state index in [-0.39, 0.29) is 36.2 Å². The van der Waals surface area contributed by atoms with Gasteiger partial charge in [-0.15, -0.1) is 13.2 Å². The van der Waals surface area contributed by atoms with Crippen LogP contribution < -0.4 is 14.8 Å². The third-order valence-electron chi connectivity index (χ3n) is 7.49. The number of nitrogens with zero attached hydrogens (tertiary/aromatic N) is 4. The second-order valence-electron chi connectivity index (χ2n) is 10.8. The number of azide groups is 1. The van der Waals surface area contributed by atoms with Gasteiger partial charge in [0, 0.05) is 57.8 Å². The summed E-state index contributed by atoms with van der Waals surface area (Å²) < 4.78 is 54.1. The number of alkyl halides is 3. The predicted octanol–water partition coefficient (Wildman–Crippen LogP) is 8.41. The number of rotatable bonds is 13. The van der Waals surface area contributed by atoms with Crippen LogP contribution >= 0.6 is 23.2 Å². The van der Waals surface area contributed by atoms with Gasteiger partial charge < -0.3 is 24.6 Å². The molecule has 0 saturated heterocycles. The number of hydrogen-bond donors (Lipinski definition) is 2. The van der Waals surface area contributed by atoms with Gasteiger partial charge in [0.25, 0.3) is 5.91 Å². The number of benzene rings is 4. The Kier molecular flexibility index (Phi) is 11.2. The maximum Gasteiger partial charge on any atom is 0.573 e. The van der Waals surface area contributed by atoms with Gasteiger partial charge in [-0.05, 0) is 65.2 Å². The van der Waals surface area contributed by atoms with Crippen LogP contribution in [-0.2, 0) is 22.5 Å². The Morgan fingerprint density at radius 1 is 1.04 bits per heavy atom. The maximum atomic E-state index is 14.5. The molecule has 5 rings (SSSR count). The summed E-state index contributed by atoms with van der Waals surface area (Å²) >= 11 is 12.9. The lowest BCUT2D eigenvalue weighted by molar-refractivity contribution is -0.274. The number of nitrogens with one attached hydrogen (secondary N) is 1. The van der Waals surface area contributed by atoms with Gasteiger partial charge in [0.05, 0.1) is 6.61 Å². The topological polar surface area (TPSA) is 138 Å². The number of aliphatic hydroxyl groups excluding tert-OH is 1. The first-order valence-electron chi connectivity index (χ1n) is 14.8. The summed E-state index contributed by atoms with van der Waals surface area (Å²) in [5.41, 5.74) is 9.66. The van der Waals surface area contributed by atoms with Crippen molar-refractivity contribution in [2.45, 2.75) is 37.4 Å². The fourth-order valence-electron chi connectivity index (χ4n) is 5.21. The molecule has 1 aliphatic heterocycles. The van der Waals surface area contributed by atoms with Gasteiger partial charge in [-0.25, -0.2) is 4.99 Å². The number of aliphatic hydroxyl groups is 1. The number of hydrogen-bond acceptors (Lipinski definition) is 7. The summed E-state index contributed by atoms with van der Waals surface area (Å²) in [5.74, 6) is -0.349. The van der Waals surface area contributed by atoms with Gasteiger partial charge in [-0.1, -0.05) is 70.8 Å². The molecule has 4 aromatic carbocycles. The molecule has 49 heavy (non-hydrogen) atoms. The molecule has 0 bridgehead atoms. The van der Waals surface area contributed by atoms with Crippen molar-refractivity contribution in [2.24, 2.45) is 10.1 Å². The molecule has 0 aromatic heterocycles. The SMILES string of the molecule is [N-]=[N+]=Nc1ccccc1C[C@@]1(C(=O)NCc2ccc(OC(F)(F)F)cc2)N=C(c2ccc(OCCCO)cc2)O[C@@H]1c1ccc(Cl)cc1Cl. The zero-order valence-corrected chi connectivity index (χ0v) is 27.0. The number of amides is 1. The standard InChI is InChI=1S/C34H28Cl2F3N5O5/c35-24-10-15-27(28(36)18-24)30-33(19-23-4-1-2-5-29(23)43-44-40,32(46)41-20-21-6-11-26(12-7-21)49-34(37,38)39)42-31(48-30)22-8-13-25(14-9-22)47-17-3-16-45/h1-2,4-15,18,30,45H,3,16-17,19-20H2,(H,41,46)/t30-,33-/m1/s1. The van der Waals surface area contributed by atoms with Crippen molar-refractivity contribution < 1.29 is 37.3 Å². The molecule has 10 nitrogen and oxygen atoms in total. The van der Waals surface area contributed by atoms with Crippen LogP contribution in [0, 0.1) is 0 Å².